The highest BCUT2D eigenvalue weighted by Gasteiger charge is 2.17. The summed E-state index contributed by atoms with van der Waals surface area (Å²) in [7, 11) is 0. The van der Waals surface area contributed by atoms with Gasteiger partial charge in [-0.3, -0.25) is 0 Å². The Kier molecular flexibility index (Phi) is 5.50. The Morgan fingerprint density at radius 2 is 1.70 bits per heavy atom. The lowest BCUT2D eigenvalue weighted by Crippen LogP contribution is -2.33. The molecule has 2 rings (SSSR count). The maximum Gasteiger partial charge on any atom is 0.0664 e. The van der Waals surface area contributed by atoms with Gasteiger partial charge >= 0.3 is 0 Å². The lowest BCUT2D eigenvalue weighted by atomic mass is 10.0. The Bertz CT molecular complexity index is 510. The molecule has 0 spiro atoms. The third-order valence-corrected chi connectivity index (χ3v) is 4.27. The highest BCUT2D eigenvalue weighted by atomic mass is 32.2. The Labute approximate surface area is 126 Å². The van der Waals surface area contributed by atoms with Gasteiger partial charge in [-0.2, -0.15) is 0 Å². The molecule has 20 heavy (non-hydrogen) atoms. The number of anilines is 1. The van der Waals surface area contributed by atoms with Gasteiger partial charge in [0.05, 0.1) is 6.04 Å². The van der Waals surface area contributed by atoms with Gasteiger partial charge in [0.15, 0.2) is 0 Å². The minimum atomic E-state index is 0.221. The van der Waals surface area contributed by atoms with Crippen LogP contribution in [0.3, 0.4) is 0 Å². The van der Waals surface area contributed by atoms with E-state index in [0.717, 1.165) is 6.54 Å². The Morgan fingerprint density at radius 1 is 1.05 bits per heavy atom. The lowest BCUT2D eigenvalue weighted by molar-refractivity contribution is 0.643. The normalized spacial score (nSPS) is 12.2. The quantitative estimate of drug-likeness (QED) is 0.816. The first-order valence-corrected chi connectivity index (χ1v) is 8.18. The Morgan fingerprint density at radius 3 is 2.20 bits per heavy atom. The maximum atomic E-state index is 6.04. The molecule has 106 valence electrons. The van der Waals surface area contributed by atoms with Crippen LogP contribution in [0.2, 0.25) is 0 Å². The summed E-state index contributed by atoms with van der Waals surface area (Å²) in [6.45, 7) is 3.73. The van der Waals surface area contributed by atoms with E-state index in [4.69, 9.17) is 5.73 Å². The van der Waals surface area contributed by atoms with E-state index in [1.165, 1.54) is 16.1 Å². The third-order valence-electron chi connectivity index (χ3n) is 3.53. The summed E-state index contributed by atoms with van der Waals surface area (Å²) in [5.74, 6) is 0. The number of likely N-dealkylation sites (N-methyl/N-ethyl adjacent to an activating group) is 1. The second-order valence-electron chi connectivity index (χ2n) is 4.65. The van der Waals surface area contributed by atoms with Crippen LogP contribution in [0, 0.1) is 0 Å². The molecule has 2 N–H and O–H groups in total. The van der Waals surface area contributed by atoms with Crippen molar-refractivity contribution in [2.45, 2.75) is 17.9 Å². The van der Waals surface area contributed by atoms with Crippen molar-refractivity contribution in [2.75, 3.05) is 24.2 Å². The average molecular weight is 286 g/mol. The fraction of sp³-hybridized carbons (Fsp3) is 0.294. The molecule has 3 heteroatoms. The van der Waals surface area contributed by atoms with Gasteiger partial charge < -0.3 is 10.6 Å². The van der Waals surface area contributed by atoms with E-state index < -0.39 is 0 Å². The molecule has 2 aromatic rings. The molecule has 0 fully saturated rings. The molecule has 0 aliphatic carbocycles. The molecule has 0 aromatic heterocycles. The van der Waals surface area contributed by atoms with Crippen molar-refractivity contribution in [1.82, 2.24) is 0 Å². The molecule has 0 aliphatic heterocycles. The summed E-state index contributed by atoms with van der Waals surface area (Å²) in [5.41, 5.74) is 8.54. The number of nitrogens with zero attached hydrogens (tertiary/aromatic N) is 1. The van der Waals surface area contributed by atoms with Gasteiger partial charge in [0.25, 0.3) is 0 Å². The van der Waals surface area contributed by atoms with Gasteiger partial charge in [-0.1, -0.05) is 30.3 Å². The molecular formula is C17H22N2S. The molecule has 0 bridgehead atoms. The molecule has 0 saturated heterocycles. The van der Waals surface area contributed by atoms with Gasteiger partial charge in [0, 0.05) is 23.7 Å². The van der Waals surface area contributed by atoms with E-state index in [2.05, 4.69) is 66.6 Å². The Balaban J connectivity index is 2.29. The number of benzene rings is 2. The van der Waals surface area contributed by atoms with E-state index in [9.17, 15) is 0 Å². The molecule has 2 nitrogen and oxygen atoms in total. The van der Waals surface area contributed by atoms with Crippen molar-refractivity contribution in [1.29, 1.82) is 0 Å². The lowest BCUT2D eigenvalue weighted by Gasteiger charge is -2.32. The molecule has 1 unspecified atom stereocenters. The second kappa shape index (κ2) is 7.36. The molecule has 0 saturated carbocycles. The van der Waals surface area contributed by atoms with Crippen molar-refractivity contribution >= 4 is 17.4 Å². The molecule has 0 radical (unpaired) electrons. The number of rotatable bonds is 6. The third kappa shape index (κ3) is 3.35. The van der Waals surface area contributed by atoms with Crippen molar-refractivity contribution in [3.63, 3.8) is 0 Å². The van der Waals surface area contributed by atoms with Crippen LogP contribution in [0.5, 0.6) is 0 Å². The highest BCUT2D eigenvalue weighted by Crippen LogP contribution is 2.27. The summed E-state index contributed by atoms with van der Waals surface area (Å²) >= 11 is 1.76. The van der Waals surface area contributed by atoms with E-state index in [-0.39, 0.29) is 6.04 Å². The Hall–Kier alpha value is -1.45. The zero-order chi connectivity index (χ0) is 14.4. The standard InChI is InChI=1S/C17H22N2S/c1-3-19(15-7-5-4-6-8-15)17(13-18)14-9-11-16(20-2)12-10-14/h4-12,17H,3,13,18H2,1-2H3. The highest BCUT2D eigenvalue weighted by molar-refractivity contribution is 7.98. The smallest absolute Gasteiger partial charge is 0.0664 e. The summed E-state index contributed by atoms with van der Waals surface area (Å²) in [5, 5.41) is 0. The van der Waals surface area contributed by atoms with Crippen LogP contribution in [0.15, 0.2) is 59.5 Å². The van der Waals surface area contributed by atoms with Gasteiger partial charge in [-0.05, 0) is 43.0 Å². The average Bonchev–Trinajstić information content (AvgIpc) is 2.53. The fourth-order valence-corrected chi connectivity index (χ4v) is 2.88. The maximum absolute atomic E-state index is 6.04. The predicted molar refractivity (Wildman–Crippen MR) is 89.5 cm³/mol. The number of thioether (sulfide) groups is 1. The van der Waals surface area contributed by atoms with Gasteiger partial charge in [0.2, 0.25) is 0 Å². The van der Waals surface area contributed by atoms with Crippen LogP contribution in [0.4, 0.5) is 5.69 Å². The topological polar surface area (TPSA) is 29.3 Å². The number of hydrogen-bond acceptors (Lipinski definition) is 3. The molecule has 0 heterocycles. The first-order valence-electron chi connectivity index (χ1n) is 6.95. The van der Waals surface area contributed by atoms with Crippen molar-refractivity contribution in [3.05, 3.63) is 60.2 Å². The summed E-state index contributed by atoms with van der Waals surface area (Å²) in [6.07, 6.45) is 2.09. The largest absolute Gasteiger partial charge is 0.363 e. The van der Waals surface area contributed by atoms with E-state index in [1.807, 2.05) is 6.07 Å². The molecule has 1 atom stereocenters. The van der Waals surface area contributed by atoms with Crippen LogP contribution in [0.25, 0.3) is 0 Å². The van der Waals surface area contributed by atoms with Crippen LogP contribution < -0.4 is 10.6 Å². The molecule has 2 aromatic carbocycles. The first-order chi connectivity index (χ1) is 9.80. The number of hydrogen-bond donors (Lipinski definition) is 1. The molecule has 0 amide bonds. The van der Waals surface area contributed by atoms with Gasteiger partial charge in [0.1, 0.15) is 0 Å². The van der Waals surface area contributed by atoms with Gasteiger partial charge in [-0.15, -0.1) is 11.8 Å². The van der Waals surface area contributed by atoms with Crippen LogP contribution in [-0.2, 0) is 0 Å². The summed E-state index contributed by atoms with van der Waals surface area (Å²) < 4.78 is 0. The van der Waals surface area contributed by atoms with Crippen LogP contribution in [0.1, 0.15) is 18.5 Å². The van der Waals surface area contributed by atoms with E-state index >= 15 is 0 Å². The summed E-state index contributed by atoms with van der Waals surface area (Å²) in [6, 6.07) is 19.4. The van der Waals surface area contributed by atoms with E-state index in [0.29, 0.717) is 6.54 Å². The zero-order valence-electron chi connectivity index (χ0n) is 12.1. The predicted octanol–water partition coefficient (Wildman–Crippen LogP) is 3.93. The fourth-order valence-electron chi connectivity index (χ4n) is 2.47. The first kappa shape index (κ1) is 14.9. The van der Waals surface area contributed by atoms with Crippen LogP contribution >= 0.6 is 11.8 Å². The summed E-state index contributed by atoms with van der Waals surface area (Å²) in [4.78, 5) is 3.64. The minimum absolute atomic E-state index is 0.221. The molecular weight excluding hydrogens is 264 g/mol. The zero-order valence-corrected chi connectivity index (χ0v) is 12.9. The SMILES string of the molecule is CCN(c1ccccc1)C(CN)c1ccc(SC)cc1. The van der Waals surface area contributed by atoms with E-state index in [1.54, 1.807) is 11.8 Å². The van der Waals surface area contributed by atoms with Gasteiger partial charge in [-0.25, -0.2) is 0 Å². The van der Waals surface area contributed by atoms with Crippen molar-refractivity contribution in [3.8, 4) is 0 Å². The second-order valence-corrected chi connectivity index (χ2v) is 5.53. The monoisotopic (exact) mass is 286 g/mol. The molecule has 0 aliphatic rings. The van der Waals surface area contributed by atoms with Crippen molar-refractivity contribution < 1.29 is 0 Å². The number of para-hydroxylation sites is 1. The van der Waals surface area contributed by atoms with Crippen molar-refractivity contribution in [2.24, 2.45) is 5.73 Å². The minimum Gasteiger partial charge on any atom is -0.363 e. The number of nitrogens with two attached hydrogens (primary N) is 1. The van der Waals surface area contributed by atoms with Crippen LogP contribution in [-0.4, -0.2) is 19.3 Å².